The second kappa shape index (κ2) is 8.99. The quantitative estimate of drug-likeness (QED) is 0.501. The lowest BCUT2D eigenvalue weighted by Crippen LogP contribution is -2.25. The van der Waals surface area contributed by atoms with E-state index in [0.717, 1.165) is 6.42 Å². The van der Waals surface area contributed by atoms with E-state index in [2.05, 4.69) is 4.72 Å². The number of unbranched alkanes of at least 4 members (excludes halogenated alkanes) is 1. The lowest BCUT2D eigenvalue weighted by atomic mass is 10.2. The summed E-state index contributed by atoms with van der Waals surface area (Å²) in [5, 5.41) is 0. The first-order chi connectivity index (χ1) is 9.97. The molecular weight excluding hydrogens is 292 g/mol. The number of methoxy groups -OCH3 is 1. The molecule has 0 bridgehead atoms. The van der Waals surface area contributed by atoms with Crippen molar-refractivity contribution in [1.82, 2.24) is 4.72 Å². The third-order valence-corrected chi connectivity index (χ3v) is 4.54. The molecular formula is C14H24N2O4S. The molecule has 21 heavy (non-hydrogen) atoms. The Morgan fingerprint density at radius 1 is 1.19 bits per heavy atom. The fourth-order valence-corrected chi connectivity index (χ4v) is 3.12. The van der Waals surface area contributed by atoms with Crippen LogP contribution in [0.5, 0.6) is 0 Å². The summed E-state index contributed by atoms with van der Waals surface area (Å²) in [7, 11) is -1.88. The van der Waals surface area contributed by atoms with Crippen LogP contribution in [-0.2, 0) is 19.5 Å². The highest BCUT2D eigenvalue weighted by Crippen LogP contribution is 2.17. The number of anilines is 1. The summed E-state index contributed by atoms with van der Waals surface area (Å²) in [6.45, 7) is 3.86. The van der Waals surface area contributed by atoms with Crippen LogP contribution in [0.2, 0.25) is 0 Å². The molecule has 0 radical (unpaired) electrons. The number of aryl methyl sites for hydroxylation is 1. The number of hydrogen-bond donors (Lipinski definition) is 2. The Bertz CT molecular complexity index is 532. The first-order valence-corrected chi connectivity index (χ1v) is 8.38. The molecule has 0 aromatic heterocycles. The summed E-state index contributed by atoms with van der Waals surface area (Å²) in [4.78, 5) is 0.235. The number of nitrogen functional groups attached to an aromatic ring is 1. The zero-order valence-corrected chi connectivity index (χ0v) is 13.4. The van der Waals surface area contributed by atoms with Crippen molar-refractivity contribution in [2.75, 3.05) is 39.2 Å². The van der Waals surface area contributed by atoms with Gasteiger partial charge in [-0.25, -0.2) is 13.1 Å². The van der Waals surface area contributed by atoms with Gasteiger partial charge in [0.05, 0.1) is 18.1 Å². The molecule has 3 N–H and O–H groups in total. The zero-order valence-electron chi connectivity index (χ0n) is 12.6. The number of nitrogens with one attached hydrogen (secondary N) is 1. The van der Waals surface area contributed by atoms with Crippen molar-refractivity contribution in [1.29, 1.82) is 0 Å². The van der Waals surface area contributed by atoms with E-state index in [1.165, 1.54) is 6.07 Å². The van der Waals surface area contributed by atoms with E-state index in [1.807, 2.05) is 0 Å². The van der Waals surface area contributed by atoms with Gasteiger partial charge in [-0.3, -0.25) is 0 Å². The summed E-state index contributed by atoms with van der Waals surface area (Å²) in [6.07, 6.45) is 1.51. The molecule has 0 spiro atoms. The van der Waals surface area contributed by atoms with Gasteiger partial charge in [0.15, 0.2) is 0 Å². The van der Waals surface area contributed by atoms with Crippen LogP contribution in [0.1, 0.15) is 18.4 Å². The highest BCUT2D eigenvalue weighted by atomic mass is 32.2. The SMILES string of the molecule is COCCOCCCCNS(=O)(=O)c1cc(N)ccc1C. The minimum absolute atomic E-state index is 0.235. The van der Waals surface area contributed by atoms with Crippen LogP contribution >= 0.6 is 0 Å². The highest BCUT2D eigenvalue weighted by molar-refractivity contribution is 7.89. The van der Waals surface area contributed by atoms with Crippen molar-refractivity contribution in [2.45, 2.75) is 24.7 Å². The minimum atomic E-state index is -3.51. The van der Waals surface area contributed by atoms with E-state index < -0.39 is 10.0 Å². The predicted molar refractivity (Wildman–Crippen MR) is 82.7 cm³/mol. The summed E-state index contributed by atoms with van der Waals surface area (Å²) in [5.74, 6) is 0. The Hall–Kier alpha value is -1.15. The molecule has 1 aromatic carbocycles. The van der Waals surface area contributed by atoms with Crippen molar-refractivity contribution in [3.05, 3.63) is 23.8 Å². The second-order valence-electron chi connectivity index (χ2n) is 4.73. The average molecular weight is 316 g/mol. The molecule has 7 heteroatoms. The Morgan fingerprint density at radius 2 is 1.95 bits per heavy atom. The average Bonchev–Trinajstić information content (AvgIpc) is 2.44. The molecule has 0 atom stereocenters. The maximum Gasteiger partial charge on any atom is 0.240 e. The molecule has 0 amide bonds. The van der Waals surface area contributed by atoms with Crippen LogP contribution in [0, 0.1) is 6.92 Å². The van der Waals surface area contributed by atoms with E-state index in [1.54, 1.807) is 26.2 Å². The normalized spacial score (nSPS) is 11.7. The third-order valence-electron chi connectivity index (χ3n) is 2.94. The van der Waals surface area contributed by atoms with Gasteiger partial charge in [0, 0.05) is 25.9 Å². The molecule has 0 saturated carbocycles. The van der Waals surface area contributed by atoms with Crippen LogP contribution in [0.25, 0.3) is 0 Å². The zero-order chi connectivity index (χ0) is 15.7. The van der Waals surface area contributed by atoms with Gasteiger partial charge in [0.2, 0.25) is 10.0 Å². The lowest BCUT2D eigenvalue weighted by Gasteiger charge is -2.10. The molecule has 0 aliphatic heterocycles. The maximum absolute atomic E-state index is 12.2. The maximum atomic E-state index is 12.2. The van der Waals surface area contributed by atoms with Crippen molar-refractivity contribution < 1.29 is 17.9 Å². The molecule has 1 aromatic rings. The summed E-state index contributed by atoms with van der Waals surface area (Å²) >= 11 is 0. The number of rotatable bonds is 10. The molecule has 0 unspecified atom stereocenters. The Balaban J connectivity index is 2.35. The Morgan fingerprint density at radius 3 is 2.67 bits per heavy atom. The Labute approximate surface area is 126 Å². The van der Waals surface area contributed by atoms with Crippen molar-refractivity contribution >= 4 is 15.7 Å². The first kappa shape index (κ1) is 17.9. The van der Waals surface area contributed by atoms with E-state index in [4.69, 9.17) is 15.2 Å². The van der Waals surface area contributed by atoms with Crippen molar-refractivity contribution in [3.8, 4) is 0 Å². The van der Waals surface area contributed by atoms with Crippen LogP contribution in [0.15, 0.2) is 23.1 Å². The van der Waals surface area contributed by atoms with E-state index in [9.17, 15) is 8.42 Å². The van der Waals surface area contributed by atoms with Crippen molar-refractivity contribution in [3.63, 3.8) is 0 Å². The summed E-state index contributed by atoms with van der Waals surface area (Å²) in [5.41, 5.74) is 6.76. The molecule has 6 nitrogen and oxygen atoms in total. The van der Waals surface area contributed by atoms with Gasteiger partial charge in [-0.05, 0) is 37.5 Å². The van der Waals surface area contributed by atoms with Crippen LogP contribution < -0.4 is 10.5 Å². The van der Waals surface area contributed by atoms with Gasteiger partial charge in [0.1, 0.15) is 0 Å². The minimum Gasteiger partial charge on any atom is -0.399 e. The smallest absolute Gasteiger partial charge is 0.240 e. The fourth-order valence-electron chi connectivity index (χ4n) is 1.76. The monoisotopic (exact) mass is 316 g/mol. The molecule has 120 valence electrons. The molecule has 0 heterocycles. The number of benzene rings is 1. The Kier molecular flexibility index (Phi) is 7.66. The molecule has 0 aliphatic carbocycles. The van der Waals surface area contributed by atoms with Crippen LogP contribution in [0.4, 0.5) is 5.69 Å². The topological polar surface area (TPSA) is 90.6 Å². The number of nitrogens with two attached hydrogens (primary N) is 1. The van der Waals surface area contributed by atoms with Gasteiger partial charge >= 0.3 is 0 Å². The van der Waals surface area contributed by atoms with Gasteiger partial charge in [-0.2, -0.15) is 0 Å². The molecule has 1 rings (SSSR count). The van der Waals surface area contributed by atoms with Gasteiger partial charge in [0.25, 0.3) is 0 Å². The highest BCUT2D eigenvalue weighted by Gasteiger charge is 2.16. The van der Waals surface area contributed by atoms with Gasteiger partial charge in [-0.15, -0.1) is 0 Å². The van der Waals surface area contributed by atoms with Gasteiger partial charge in [-0.1, -0.05) is 6.07 Å². The van der Waals surface area contributed by atoms with Gasteiger partial charge < -0.3 is 15.2 Å². The largest absolute Gasteiger partial charge is 0.399 e. The summed E-state index contributed by atoms with van der Waals surface area (Å²) < 4.78 is 37.1. The fraction of sp³-hybridized carbons (Fsp3) is 0.571. The molecule has 0 saturated heterocycles. The van der Waals surface area contributed by atoms with Crippen LogP contribution in [0.3, 0.4) is 0 Å². The molecule has 0 fully saturated rings. The van der Waals surface area contributed by atoms with E-state index >= 15 is 0 Å². The number of ether oxygens (including phenoxy) is 2. The summed E-state index contributed by atoms with van der Waals surface area (Å²) in [6, 6.07) is 4.87. The standard InChI is InChI=1S/C14H24N2O4S/c1-12-5-6-13(15)11-14(12)21(17,18)16-7-3-4-8-20-10-9-19-2/h5-6,11,16H,3-4,7-10,15H2,1-2H3. The molecule has 0 aliphatic rings. The number of hydrogen-bond acceptors (Lipinski definition) is 5. The second-order valence-corrected chi connectivity index (χ2v) is 6.47. The third kappa shape index (κ3) is 6.43. The first-order valence-electron chi connectivity index (χ1n) is 6.90. The number of sulfonamides is 1. The lowest BCUT2D eigenvalue weighted by molar-refractivity contribution is 0.0689. The van der Waals surface area contributed by atoms with E-state index in [0.29, 0.717) is 44.0 Å². The van der Waals surface area contributed by atoms with Crippen molar-refractivity contribution in [2.24, 2.45) is 0 Å². The van der Waals surface area contributed by atoms with E-state index in [-0.39, 0.29) is 4.90 Å². The predicted octanol–water partition coefficient (Wildman–Crippen LogP) is 1.30. The van der Waals surface area contributed by atoms with Crippen LogP contribution in [-0.4, -0.2) is 41.9 Å².